The Morgan fingerprint density at radius 2 is 1.94 bits per heavy atom. The first-order chi connectivity index (χ1) is 15.2. The monoisotopic (exact) mass is 406 g/mol. The Morgan fingerprint density at radius 3 is 2.77 bits per heavy atom. The van der Waals surface area contributed by atoms with Crippen molar-refractivity contribution in [1.82, 2.24) is 39.7 Å². The molecule has 0 radical (unpaired) electrons. The second-order valence-corrected chi connectivity index (χ2v) is 7.56. The van der Waals surface area contributed by atoms with Crippen LogP contribution in [0.1, 0.15) is 11.3 Å². The molecule has 0 bridgehead atoms. The van der Waals surface area contributed by atoms with Crippen LogP contribution in [0.2, 0.25) is 0 Å². The fraction of sp³-hybridized carbons (Fsp3) is 0.0870. The molecular formula is C23H18N8. The van der Waals surface area contributed by atoms with Crippen molar-refractivity contribution in [3.05, 3.63) is 72.7 Å². The molecule has 8 heteroatoms. The predicted octanol–water partition coefficient (Wildman–Crippen LogP) is 4.37. The van der Waals surface area contributed by atoms with Gasteiger partial charge >= 0.3 is 0 Å². The van der Waals surface area contributed by atoms with Gasteiger partial charge in [0.2, 0.25) is 0 Å². The van der Waals surface area contributed by atoms with E-state index in [4.69, 9.17) is 4.98 Å². The van der Waals surface area contributed by atoms with Crippen LogP contribution in [0.5, 0.6) is 0 Å². The third-order valence-electron chi connectivity index (χ3n) is 5.47. The molecule has 0 fully saturated rings. The van der Waals surface area contributed by atoms with Gasteiger partial charge in [0, 0.05) is 29.5 Å². The minimum Gasteiger partial charge on any atom is -0.336 e. The number of imidazole rings is 2. The largest absolute Gasteiger partial charge is 0.336 e. The summed E-state index contributed by atoms with van der Waals surface area (Å²) < 4.78 is 1.98. The summed E-state index contributed by atoms with van der Waals surface area (Å²) in [6, 6.07) is 10.1. The normalized spacial score (nSPS) is 11.5. The molecule has 5 aromatic heterocycles. The predicted molar refractivity (Wildman–Crippen MR) is 119 cm³/mol. The van der Waals surface area contributed by atoms with Crippen LogP contribution in [0.4, 0.5) is 0 Å². The lowest BCUT2D eigenvalue weighted by Crippen LogP contribution is -1.91. The average Bonchev–Trinajstić information content (AvgIpc) is 3.50. The smallest absolute Gasteiger partial charge is 0.159 e. The number of hydrogen-bond acceptors (Lipinski definition) is 5. The number of para-hydroxylation sites is 1. The number of aromatic amines is 2. The van der Waals surface area contributed by atoms with Gasteiger partial charge in [0.25, 0.3) is 0 Å². The molecule has 150 valence electrons. The molecule has 5 heterocycles. The van der Waals surface area contributed by atoms with Crippen molar-refractivity contribution in [3.63, 3.8) is 0 Å². The van der Waals surface area contributed by atoms with Crippen molar-refractivity contribution in [1.29, 1.82) is 0 Å². The lowest BCUT2D eigenvalue weighted by Gasteiger charge is -2.04. The van der Waals surface area contributed by atoms with Crippen LogP contribution in [0.3, 0.4) is 0 Å². The highest BCUT2D eigenvalue weighted by Crippen LogP contribution is 2.31. The molecule has 0 spiro atoms. The van der Waals surface area contributed by atoms with Gasteiger partial charge in [0.05, 0.1) is 40.6 Å². The molecule has 6 aromatic rings. The molecule has 0 aliphatic heterocycles. The van der Waals surface area contributed by atoms with Gasteiger partial charge in [0.1, 0.15) is 11.2 Å². The highest BCUT2D eigenvalue weighted by Gasteiger charge is 2.16. The van der Waals surface area contributed by atoms with E-state index in [1.807, 2.05) is 54.2 Å². The van der Waals surface area contributed by atoms with E-state index in [9.17, 15) is 0 Å². The van der Waals surface area contributed by atoms with Gasteiger partial charge in [-0.15, -0.1) is 0 Å². The molecular weight excluding hydrogens is 388 g/mol. The maximum atomic E-state index is 4.89. The zero-order valence-corrected chi connectivity index (χ0v) is 17.0. The highest BCUT2D eigenvalue weighted by molar-refractivity contribution is 5.95. The SMILES string of the molecule is Cc1cn(-c2cccc3[nH]c(-c4n[nH]c5cnc(-c6cnccc6C)cc45)nc23)cn1. The summed E-state index contributed by atoms with van der Waals surface area (Å²) >= 11 is 0. The van der Waals surface area contributed by atoms with Gasteiger partial charge in [-0.3, -0.25) is 15.1 Å². The summed E-state index contributed by atoms with van der Waals surface area (Å²) in [7, 11) is 0. The summed E-state index contributed by atoms with van der Waals surface area (Å²) in [6.45, 7) is 4.02. The van der Waals surface area contributed by atoms with Gasteiger partial charge in [-0.2, -0.15) is 5.10 Å². The van der Waals surface area contributed by atoms with Crippen molar-refractivity contribution in [2.24, 2.45) is 0 Å². The number of nitrogens with one attached hydrogen (secondary N) is 2. The number of rotatable bonds is 3. The van der Waals surface area contributed by atoms with E-state index in [1.54, 1.807) is 18.7 Å². The molecule has 0 aliphatic rings. The zero-order valence-electron chi connectivity index (χ0n) is 17.0. The fourth-order valence-electron chi connectivity index (χ4n) is 3.87. The standard InChI is InChI=1S/C23H18N8/c1-13-6-7-24-9-16(13)18-8-15-19(10-25-18)29-30-21(15)23-27-17-4-3-5-20(22(17)28-23)31-11-14(2)26-12-31/h3-12H,1-2H3,(H,27,28)(H,29,30). The van der Waals surface area contributed by atoms with E-state index in [2.05, 4.69) is 37.1 Å². The van der Waals surface area contributed by atoms with Crippen molar-refractivity contribution >= 4 is 21.9 Å². The van der Waals surface area contributed by atoms with Crippen molar-refractivity contribution in [3.8, 4) is 28.5 Å². The van der Waals surface area contributed by atoms with Crippen LogP contribution in [0.25, 0.3) is 50.4 Å². The summed E-state index contributed by atoms with van der Waals surface area (Å²) in [5.41, 5.74) is 8.30. The molecule has 0 unspecified atom stereocenters. The van der Waals surface area contributed by atoms with E-state index in [0.717, 1.165) is 55.8 Å². The molecule has 0 atom stereocenters. The minimum atomic E-state index is 0.700. The van der Waals surface area contributed by atoms with Gasteiger partial charge in [-0.1, -0.05) is 6.07 Å². The van der Waals surface area contributed by atoms with Crippen molar-refractivity contribution in [2.75, 3.05) is 0 Å². The summed E-state index contributed by atoms with van der Waals surface area (Å²) in [5.74, 6) is 0.700. The molecule has 0 saturated carbocycles. The first kappa shape index (κ1) is 17.5. The quantitative estimate of drug-likeness (QED) is 0.455. The van der Waals surface area contributed by atoms with Gasteiger partial charge in [0.15, 0.2) is 5.82 Å². The van der Waals surface area contributed by atoms with E-state index < -0.39 is 0 Å². The van der Waals surface area contributed by atoms with E-state index in [1.165, 1.54) is 0 Å². The van der Waals surface area contributed by atoms with Crippen molar-refractivity contribution in [2.45, 2.75) is 13.8 Å². The zero-order chi connectivity index (χ0) is 20.9. The molecule has 0 aliphatic carbocycles. The lowest BCUT2D eigenvalue weighted by molar-refractivity contribution is 1.06. The Bertz CT molecular complexity index is 1570. The number of H-pyrrole nitrogens is 2. The van der Waals surface area contributed by atoms with Gasteiger partial charge < -0.3 is 9.55 Å². The molecule has 0 saturated heterocycles. The highest BCUT2D eigenvalue weighted by atomic mass is 15.1. The van der Waals surface area contributed by atoms with Crippen LogP contribution < -0.4 is 0 Å². The van der Waals surface area contributed by atoms with Crippen molar-refractivity contribution < 1.29 is 0 Å². The number of hydrogen-bond donors (Lipinski definition) is 2. The van der Waals surface area contributed by atoms with Crippen LogP contribution in [-0.2, 0) is 0 Å². The molecule has 8 nitrogen and oxygen atoms in total. The number of benzene rings is 1. The van der Waals surface area contributed by atoms with E-state index >= 15 is 0 Å². The molecule has 2 N–H and O–H groups in total. The molecule has 31 heavy (non-hydrogen) atoms. The maximum Gasteiger partial charge on any atom is 0.159 e. The number of fused-ring (bicyclic) bond motifs is 2. The van der Waals surface area contributed by atoms with Crippen LogP contribution in [0.15, 0.2) is 61.4 Å². The Kier molecular flexibility index (Phi) is 3.73. The average molecular weight is 406 g/mol. The maximum absolute atomic E-state index is 4.89. The van der Waals surface area contributed by atoms with Gasteiger partial charge in [-0.05, 0) is 43.7 Å². The first-order valence-corrected chi connectivity index (χ1v) is 9.92. The Labute approximate surface area is 177 Å². The van der Waals surface area contributed by atoms with E-state index in [-0.39, 0.29) is 0 Å². The Hall–Kier alpha value is -4.33. The van der Waals surface area contributed by atoms with Gasteiger partial charge in [-0.25, -0.2) is 9.97 Å². The molecule has 6 rings (SSSR count). The Morgan fingerprint density at radius 1 is 1.00 bits per heavy atom. The van der Waals surface area contributed by atoms with Crippen LogP contribution in [0, 0.1) is 13.8 Å². The third-order valence-corrected chi connectivity index (χ3v) is 5.47. The topological polar surface area (TPSA) is 101 Å². The second kappa shape index (κ2) is 6.60. The summed E-state index contributed by atoms with van der Waals surface area (Å²) in [6.07, 6.45) is 9.21. The Balaban J connectivity index is 1.52. The van der Waals surface area contributed by atoms with Crippen LogP contribution in [-0.4, -0.2) is 39.7 Å². The second-order valence-electron chi connectivity index (χ2n) is 7.56. The molecule has 0 amide bonds. The number of aryl methyl sites for hydroxylation is 2. The lowest BCUT2D eigenvalue weighted by atomic mass is 10.1. The summed E-state index contributed by atoms with van der Waals surface area (Å²) in [4.78, 5) is 21.5. The van der Waals surface area contributed by atoms with Crippen LogP contribution >= 0.6 is 0 Å². The number of nitrogens with zero attached hydrogens (tertiary/aromatic N) is 6. The summed E-state index contributed by atoms with van der Waals surface area (Å²) in [5, 5.41) is 8.55. The van der Waals surface area contributed by atoms with E-state index in [0.29, 0.717) is 5.82 Å². The third kappa shape index (κ3) is 2.80. The molecule has 1 aromatic carbocycles. The first-order valence-electron chi connectivity index (χ1n) is 9.92. The fourth-order valence-corrected chi connectivity index (χ4v) is 3.87. The minimum absolute atomic E-state index is 0.700. The number of aromatic nitrogens is 8. The number of pyridine rings is 2.